The minimum atomic E-state index is 0.0834. The first kappa shape index (κ1) is 6.89. The van der Waals surface area contributed by atoms with E-state index in [-0.39, 0.29) is 11.9 Å². The molecular weight excluding hydrogens is 136 g/mol. The van der Waals surface area contributed by atoms with Crippen molar-refractivity contribution in [3.8, 4) is 0 Å². The molecule has 9 heavy (non-hydrogen) atoms. The van der Waals surface area contributed by atoms with Crippen LogP contribution >= 0.6 is 12.8 Å². The van der Waals surface area contributed by atoms with Gasteiger partial charge in [-0.1, -0.05) is 12.8 Å². The van der Waals surface area contributed by atoms with Crippen LogP contribution in [0.4, 0.5) is 0 Å². The van der Waals surface area contributed by atoms with Crippen molar-refractivity contribution in [3.05, 3.63) is 0 Å². The van der Waals surface area contributed by atoms with Gasteiger partial charge in [-0.3, -0.25) is 9.10 Å². The number of carbonyl (C=O) groups excluding carboxylic acids is 1. The number of piperidine rings is 1. The lowest BCUT2D eigenvalue weighted by Crippen LogP contribution is -2.41. The number of rotatable bonds is 0. The molecule has 1 fully saturated rings. The highest BCUT2D eigenvalue weighted by Crippen LogP contribution is 2.10. The Balaban J connectivity index is 2.44. The molecule has 0 aliphatic carbocycles. The fourth-order valence-corrected chi connectivity index (χ4v) is 1.16. The Bertz CT molecular complexity index is 128. The van der Waals surface area contributed by atoms with Gasteiger partial charge in [0.05, 0.1) is 0 Å². The Morgan fingerprint density at radius 3 is 2.89 bits per heavy atom. The smallest absolute Gasteiger partial charge is 0.232 e. The molecule has 3 nitrogen and oxygen atoms in total. The monoisotopic (exact) mass is 146 g/mol. The highest BCUT2D eigenvalue weighted by Gasteiger charge is 2.19. The topological polar surface area (TPSA) is 46.3 Å². The molecule has 0 bridgehead atoms. The third-order valence-electron chi connectivity index (χ3n) is 1.42. The summed E-state index contributed by atoms with van der Waals surface area (Å²) in [5.41, 5.74) is 5.54. The fraction of sp³-hybridized carbons (Fsp3) is 0.800. The normalized spacial score (nSPS) is 28.9. The molecule has 2 N–H and O–H groups in total. The van der Waals surface area contributed by atoms with Crippen LogP contribution in [0.15, 0.2) is 0 Å². The van der Waals surface area contributed by atoms with Crippen molar-refractivity contribution >= 4 is 18.7 Å². The summed E-state index contributed by atoms with van der Waals surface area (Å²) in [6.45, 7) is 0.585. The zero-order valence-corrected chi connectivity index (χ0v) is 5.97. The summed E-state index contributed by atoms with van der Waals surface area (Å²) in [6, 6.07) is 0.125. The summed E-state index contributed by atoms with van der Waals surface area (Å²) < 4.78 is 1.38. The molecule has 4 heteroatoms. The Kier molecular flexibility index (Phi) is 1.97. The van der Waals surface area contributed by atoms with Gasteiger partial charge in [0.15, 0.2) is 0 Å². The molecule has 1 aliphatic heterocycles. The first-order valence-electron chi connectivity index (χ1n) is 2.95. The van der Waals surface area contributed by atoms with E-state index in [2.05, 4.69) is 12.8 Å². The van der Waals surface area contributed by atoms with Gasteiger partial charge in [0.2, 0.25) is 5.91 Å². The first-order valence-corrected chi connectivity index (χ1v) is 3.35. The molecule has 0 radical (unpaired) electrons. The van der Waals surface area contributed by atoms with Crippen molar-refractivity contribution in [2.75, 3.05) is 6.54 Å². The minimum Gasteiger partial charge on any atom is -0.326 e. The second-order valence-corrected chi connectivity index (χ2v) is 2.76. The zero-order valence-electron chi connectivity index (χ0n) is 5.08. The van der Waals surface area contributed by atoms with Crippen LogP contribution in [-0.2, 0) is 4.79 Å². The third-order valence-corrected chi connectivity index (χ3v) is 1.81. The molecule has 0 aromatic rings. The molecule has 0 saturated carbocycles. The summed E-state index contributed by atoms with van der Waals surface area (Å²) in [5, 5.41) is 0. The van der Waals surface area contributed by atoms with Crippen LogP contribution < -0.4 is 5.73 Å². The van der Waals surface area contributed by atoms with E-state index in [1.165, 1.54) is 4.31 Å². The van der Waals surface area contributed by atoms with E-state index in [0.717, 1.165) is 6.42 Å². The van der Waals surface area contributed by atoms with Crippen molar-refractivity contribution < 1.29 is 4.79 Å². The van der Waals surface area contributed by atoms with Crippen molar-refractivity contribution in [1.82, 2.24) is 4.31 Å². The standard InChI is InChI=1S/C5H10N2OS/c6-4-1-2-5(8)7(9)3-4/h4,9H,1-3,6H2. The van der Waals surface area contributed by atoms with Gasteiger partial charge in [0.25, 0.3) is 0 Å². The molecule has 1 amide bonds. The van der Waals surface area contributed by atoms with Gasteiger partial charge in [-0.2, -0.15) is 0 Å². The van der Waals surface area contributed by atoms with Gasteiger partial charge >= 0.3 is 0 Å². The molecule has 1 atom stereocenters. The maximum absolute atomic E-state index is 10.7. The highest BCUT2D eigenvalue weighted by atomic mass is 32.1. The third kappa shape index (κ3) is 1.59. The van der Waals surface area contributed by atoms with Crippen molar-refractivity contribution in [3.63, 3.8) is 0 Å². The fourth-order valence-electron chi connectivity index (χ4n) is 0.853. The van der Waals surface area contributed by atoms with Crippen molar-refractivity contribution in [1.29, 1.82) is 0 Å². The van der Waals surface area contributed by atoms with E-state index in [1.54, 1.807) is 0 Å². The molecule has 0 aromatic heterocycles. The SMILES string of the molecule is NC1CCC(=O)N(S)C1. The molecule has 1 aliphatic rings. The molecule has 0 aromatic carbocycles. The minimum absolute atomic E-state index is 0.0834. The summed E-state index contributed by atoms with van der Waals surface area (Å²) in [6.07, 6.45) is 1.35. The van der Waals surface area contributed by atoms with Crippen LogP contribution in [-0.4, -0.2) is 22.8 Å². The first-order chi connectivity index (χ1) is 4.20. The van der Waals surface area contributed by atoms with Crippen LogP contribution in [0, 0.1) is 0 Å². The van der Waals surface area contributed by atoms with Crippen molar-refractivity contribution in [2.24, 2.45) is 5.73 Å². The van der Waals surface area contributed by atoms with Crippen LogP contribution in [0.3, 0.4) is 0 Å². The summed E-state index contributed by atoms with van der Waals surface area (Å²) >= 11 is 3.92. The lowest BCUT2D eigenvalue weighted by atomic mass is 10.1. The maximum Gasteiger partial charge on any atom is 0.232 e. The lowest BCUT2D eigenvalue weighted by molar-refractivity contribution is -0.127. The van der Waals surface area contributed by atoms with E-state index in [4.69, 9.17) is 5.73 Å². The van der Waals surface area contributed by atoms with Gasteiger partial charge < -0.3 is 5.73 Å². The second-order valence-electron chi connectivity index (χ2n) is 2.27. The largest absolute Gasteiger partial charge is 0.326 e. The van der Waals surface area contributed by atoms with Crippen LogP contribution in [0.2, 0.25) is 0 Å². The summed E-state index contributed by atoms with van der Waals surface area (Å²) in [7, 11) is 0. The average Bonchev–Trinajstić information content (AvgIpc) is 1.80. The average molecular weight is 146 g/mol. The molecular formula is C5H10N2OS. The number of hydrogen-bond acceptors (Lipinski definition) is 3. The van der Waals surface area contributed by atoms with Crippen LogP contribution in [0.5, 0.6) is 0 Å². The molecule has 0 spiro atoms. The van der Waals surface area contributed by atoms with Gasteiger partial charge in [-0.15, -0.1) is 0 Å². The van der Waals surface area contributed by atoms with E-state index in [0.29, 0.717) is 13.0 Å². The van der Waals surface area contributed by atoms with Crippen LogP contribution in [0.1, 0.15) is 12.8 Å². The lowest BCUT2D eigenvalue weighted by Gasteiger charge is -2.25. The second kappa shape index (κ2) is 2.58. The number of hydrogen-bond donors (Lipinski definition) is 2. The number of amides is 1. The number of thiol groups is 1. The van der Waals surface area contributed by atoms with Gasteiger partial charge in [-0.25, -0.2) is 0 Å². The quantitative estimate of drug-likeness (QED) is 0.464. The Hall–Kier alpha value is -0.220. The zero-order chi connectivity index (χ0) is 6.85. The van der Waals surface area contributed by atoms with Crippen LogP contribution in [0.25, 0.3) is 0 Å². The molecule has 52 valence electrons. The Morgan fingerprint density at radius 2 is 2.44 bits per heavy atom. The highest BCUT2D eigenvalue weighted by molar-refractivity contribution is 7.78. The molecule has 1 saturated heterocycles. The summed E-state index contributed by atoms with van der Waals surface area (Å²) in [4.78, 5) is 10.7. The Labute approximate surface area is 59.7 Å². The van der Waals surface area contributed by atoms with Gasteiger partial charge in [0.1, 0.15) is 0 Å². The Morgan fingerprint density at radius 1 is 1.78 bits per heavy atom. The van der Waals surface area contributed by atoms with E-state index in [9.17, 15) is 4.79 Å². The number of nitrogens with zero attached hydrogens (tertiary/aromatic N) is 1. The van der Waals surface area contributed by atoms with E-state index >= 15 is 0 Å². The summed E-state index contributed by atoms with van der Waals surface area (Å²) in [5.74, 6) is 0.0834. The predicted octanol–water partition coefficient (Wildman–Crippen LogP) is -0.219. The van der Waals surface area contributed by atoms with Gasteiger partial charge in [-0.05, 0) is 6.42 Å². The van der Waals surface area contributed by atoms with E-state index < -0.39 is 0 Å². The number of nitrogens with two attached hydrogens (primary N) is 1. The molecule has 1 unspecified atom stereocenters. The molecule has 1 heterocycles. The molecule has 1 rings (SSSR count). The van der Waals surface area contributed by atoms with E-state index in [1.807, 2.05) is 0 Å². The van der Waals surface area contributed by atoms with Crippen molar-refractivity contribution in [2.45, 2.75) is 18.9 Å². The predicted molar refractivity (Wildman–Crippen MR) is 37.9 cm³/mol. The van der Waals surface area contributed by atoms with Gasteiger partial charge in [0, 0.05) is 19.0 Å². The maximum atomic E-state index is 10.7. The number of carbonyl (C=O) groups is 1.